The van der Waals surface area contributed by atoms with Crippen molar-refractivity contribution in [3.05, 3.63) is 57.8 Å². The van der Waals surface area contributed by atoms with Gasteiger partial charge in [0.05, 0.1) is 0 Å². The van der Waals surface area contributed by atoms with Gasteiger partial charge in [0.1, 0.15) is 5.82 Å². The van der Waals surface area contributed by atoms with E-state index in [0.717, 1.165) is 20.6 Å². The van der Waals surface area contributed by atoms with E-state index < -0.39 is 0 Å². The Balaban J connectivity index is 2.11. The predicted octanol–water partition coefficient (Wildman–Crippen LogP) is 4.77. The molecule has 2 N–H and O–H groups in total. The highest BCUT2D eigenvalue weighted by Gasteiger charge is 2.05. The average molecular weight is 326 g/mol. The molecule has 0 aliphatic carbocycles. The van der Waals surface area contributed by atoms with Crippen molar-refractivity contribution in [3.63, 3.8) is 0 Å². The van der Waals surface area contributed by atoms with E-state index in [0.29, 0.717) is 11.3 Å². The van der Waals surface area contributed by atoms with Gasteiger partial charge in [-0.2, -0.15) is 0 Å². The van der Waals surface area contributed by atoms with Crippen molar-refractivity contribution < 1.29 is 4.39 Å². The Morgan fingerprint density at radius 3 is 2.67 bits per heavy atom. The first-order valence-electron chi connectivity index (χ1n) is 5.49. The summed E-state index contributed by atoms with van der Waals surface area (Å²) in [5.41, 5.74) is 8.49. The summed E-state index contributed by atoms with van der Waals surface area (Å²) in [7, 11) is 0. The Hall–Kier alpha value is -1.00. The monoisotopic (exact) mass is 325 g/mol. The van der Waals surface area contributed by atoms with Crippen LogP contribution in [0.5, 0.6) is 0 Å². The molecule has 0 aromatic heterocycles. The van der Waals surface area contributed by atoms with E-state index in [1.165, 1.54) is 6.07 Å². The Bertz CT molecular complexity index is 520. The zero-order valence-electron chi connectivity index (χ0n) is 9.91. The lowest BCUT2D eigenvalue weighted by Gasteiger charge is -2.07. The molecule has 94 valence electrons. The van der Waals surface area contributed by atoms with Crippen molar-refractivity contribution in [1.29, 1.82) is 0 Å². The van der Waals surface area contributed by atoms with Crippen LogP contribution in [0.3, 0.4) is 0 Å². The molecule has 0 bridgehead atoms. The number of aryl methyl sites for hydroxylation is 1. The van der Waals surface area contributed by atoms with Gasteiger partial charge in [-0.05, 0) is 42.3 Å². The SMILES string of the molecule is Cc1ccc(SCc2ccc(Br)cc2F)c(N)c1. The molecule has 0 saturated carbocycles. The molecule has 4 heteroatoms. The van der Waals surface area contributed by atoms with E-state index in [2.05, 4.69) is 15.9 Å². The van der Waals surface area contributed by atoms with Gasteiger partial charge in [-0.15, -0.1) is 11.8 Å². The molecular formula is C14H13BrFNS. The van der Waals surface area contributed by atoms with E-state index in [-0.39, 0.29) is 5.82 Å². The Morgan fingerprint density at radius 2 is 2.00 bits per heavy atom. The second-order valence-electron chi connectivity index (χ2n) is 4.07. The molecule has 2 aromatic carbocycles. The summed E-state index contributed by atoms with van der Waals surface area (Å²) in [6, 6.07) is 11.0. The van der Waals surface area contributed by atoms with Crippen LogP contribution in [-0.4, -0.2) is 0 Å². The van der Waals surface area contributed by atoms with Crippen molar-refractivity contribution in [1.82, 2.24) is 0 Å². The smallest absolute Gasteiger partial charge is 0.128 e. The number of benzene rings is 2. The number of halogens is 2. The van der Waals surface area contributed by atoms with Gasteiger partial charge >= 0.3 is 0 Å². The summed E-state index contributed by atoms with van der Waals surface area (Å²) in [5.74, 6) is 0.384. The molecule has 0 saturated heterocycles. The molecule has 0 spiro atoms. The first kappa shape index (κ1) is 13.4. The van der Waals surface area contributed by atoms with E-state index in [4.69, 9.17) is 5.73 Å². The summed E-state index contributed by atoms with van der Waals surface area (Å²) < 4.78 is 14.4. The Morgan fingerprint density at radius 1 is 1.22 bits per heavy atom. The van der Waals surface area contributed by atoms with Crippen molar-refractivity contribution in [2.24, 2.45) is 0 Å². The van der Waals surface area contributed by atoms with Crippen LogP contribution in [0, 0.1) is 12.7 Å². The molecule has 0 atom stereocenters. The first-order chi connectivity index (χ1) is 8.56. The van der Waals surface area contributed by atoms with E-state index in [1.807, 2.05) is 31.2 Å². The number of nitrogens with two attached hydrogens (primary N) is 1. The van der Waals surface area contributed by atoms with Crippen molar-refractivity contribution in [3.8, 4) is 0 Å². The molecule has 0 radical (unpaired) electrons. The molecule has 18 heavy (non-hydrogen) atoms. The number of hydrogen-bond acceptors (Lipinski definition) is 2. The standard InChI is InChI=1S/C14H13BrFNS/c1-9-2-5-14(13(17)6-9)18-8-10-3-4-11(15)7-12(10)16/h2-7H,8,17H2,1H3. The lowest BCUT2D eigenvalue weighted by molar-refractivity contribution is 0.616. The van der Waals surface area contributed by atoms with Crippen molar-refractivity contribution in [2.75, 3.05) is 5.73 Å². The van der Waals surface area contributed by atoms with Gasteiger partial charge < -0.3 is 5.73 Å². The molecular weight excluding hydrogens is 313 g/mol. The zero-order valence-corrected chi connectivity index (χ0v) is 12.3. The molecule has 0 aliphatic rings. The van der Waals surface area contributed by atoms with Gasteiger partial charge in [-0.1, -0.05) is 28.1 Å². The van der Waals surface area contributed by atoms with Crippen LogP contribution < -0.4 is 5.73 Å². The van der Waals surface area contributed by atoms with Crippen molar-refractivity contribution >= 4 is 33.4 Å². The molecule has 0 heterocycles. The fraction of sp³-hybridized carbons (Fsp3) is 0.143. The average Bonchev–Trinajstić information content (AvgIpc) is 2.30. The predicted molar refractivity (Wildman–Crippen MR) is 79.3 cm³/mol. The van der Waals surface area contributed by atoms with Gasteiger partial charge in [0.15, 0.2) is 0 Å². The maximum Gasteiger partial charge on any atom is 0.128 e. The number of thioether (sulfide) groups is 1. The topological polar surface area (TPSA) is 26.0 Å². The quantitative estimate of drug-likeness (QED) is 0.649. The van der Waals surface area contributed by atoms with Crippen LogP contribution in [0.4, 0.5) is 10.1 Å². The third-order valence-electron chi connectivity index (χ3n) is 2.56. The molecule has 0 unspecified atom stereocenters. The molecule has 2 rings (SSSR count). The number of rotatable bonds is 3. The summed E-state index contributed by atoms with van der Waals surface area (Å²) in [4.78, 5) is 0.989. The van der Waals surface area contributed by atoms with Gasteiger partial charge in [0, 0.05) is 20.8 Å². The van der Waals surface area contributed by atoms with Crippen LogP contribution in [0.1, 0.15) is 11.1 Å². The maximum absolute atomic E-state index is 13.6. The number of anilines is 1. The highest BCUT2D eigenvalue weighted by Crippen LogP contribution is 2.30. The van der Waals surface area contributed by atoms with Crippen LogP contribution >= 0.6 is 27.7 Å². The highest BCUT2D eigenvalue weighted by atomic mass is 79.9. The van der Waals surface area contributed by atoms with E-state index in [9.17, 15) is 4.39 Å². The van der Waals surface area contributed by atoms with Gasteiger partial charge in [0.25, 0.3) is 0 Å². The third-order valence-corrected chi connectivity index (χ3v) is 4.19. The first-order valence-corrected chi connectivity index (χ1v) is 7.27. The fourth-order valence-electron chi connectivity index (χ4n) is 1.59. The van der Waals surface area contributed by atoms with Crippen LogP contribution in [-0.2, 0) is 5.75 Å². The Kier molecular flexibility index (Phi) is 4.30. The second kappa shape index (κ2) is 5.76. The minimum atomic E-state index is -0.192. The lowest BCUT2D eigenvalue weighted by Crippen LogP contribution is -1.91. The molecule has 1 nitrogen and oxygen atoms in total. The Labute approximate surface area is 119 Å². The molecule has 0 aliphatic heterocycles. The molecule has 0 amide bonds. The van der Waals surface area contributed by atoms with Gasteiger partial charge in [-0.25, -0.2) is 4.39 Å². The molecule has 0 fully saturated rings. The van der Waals surface area contributed by atoms with Crippen LogP contribution in [0.15, 0.2) is 45.8 Å². The third kappa shape index (κ3) is 3.27. The second-order valence-corrected chi connectivity index (χ2v) is 6.00. The maximum atomic E-state index is 13.6. The number of hydrogen-bond donors (Lipinski definition) is 1. The van der Waals surface area contributed by atoms with Gasteiger partial charge in [0.2, 0.25) is 0 Å². The number of nitrogen functional groups attached to an aromatic ring is 1. The van der Waals surface area contributed by atoms with Gasteiger partial charge in [-0.3, -0.25) is 0 Å². The normalized spacial score (nSPS) is 10.6. The van der Waals surface area contributed by atoms with E-state index >= 15 is 0 Å². The van der Waals surface area contributed by atoms with Crippen LogP contribution in [0.25, 0.3) is 0 Å². The largest absolute Gasteiger partial charge is 0.398 e. The summed E-state index contributed by atoms with van der Waals surface area (Å²) in [5, 5.41) is 0. The van der Waals surface area contributed by atoms with Crippen LogP contribution in [0.2, 0.25) is 0 Å². The lowest BCUT2D eigenvalue weighted by atomic mass is 10.2. The zero-order chi connectivity index (χ0) is 13.1. The highest BCUT2D eigenvalue weighted by molar-refractivity contribution is 9.10. The van der Waals surface area contributed by atoms with E-state index in [1.54, 1.807) is 17.8 Å². The minimum Gasteiger partial charge on any atom is -0.398 e. The van der Waals surface area contributed by atoms with Crippen molar-refractivity contribution in [2.45, 2.75) is 17.6 Å². The summed E-state index contributed by atoms with van der Waals surface area (Å²) in [6.45, 7) is 2.00. The minimum absolute atomic E-state index is 0.192. The molecule has 2 aromatic rings. The summed E-state index contributed by atoms with van der Waals surface area (Å²) >= 11 is 4.79. The fourth-order valence-corrected chi connectivity index (χ4v) is 2.86. The summed E-state index contributed by atoms with van der Waals surface area (Å²) in [6.07, 6.45) is 0.